The van der Waals surface area contributed by atoms with Crippen LogP contribution < -0.4 is 10.5 Å². The Hall–Kier alpha value is -2.34. The van der Waals surface area contributed by atoms with Crippen molar-refractivity contribution in [3.63, 3.8) is 0 Å². The Balaban J connectivity index is 2.12. The summed E-state index contributed by atoms with van der Waals surface area (Å²) >= 11 is 5.86. The second kappa shape index (κ2) is 7.50. The van der Waals surface area contributed by atoms with Gasteiger partial charge in [-0.1, -0.05) is 36.4 Å². The van der Waals surface area contributed by atoms with E-state index >= 15 is 0 Å². The van der Waals surface area contributed by atoms with E-state index in [4.69, 9.17) is 22.3 Å². The van der Waals surface area contributed by atoms with Gasteiger partial charge in [0.2, 0.25) is 0 Å². The van der Waals surface area contributed by atoms with E-state index in [9.17, 15) is 8.78 Å². The Morgan fingerprint density at radius 2 is 1.96 bits per heavy atom. The molecule has 1 aliphatic heterocycles. The van der Waals surface area contributed by atoms with Gasteiger partial charge in [0.15, 0.2) is 5.96 Å². The van der Waals surface area contributed by atoms with E-state index in [2.05, 4.69) is 4.74 Å². The normalized spacial score (nSPS) is 19.7. The molecule has 0 fully saturated rings. The molecule has 2 aromatic rings. The van der Waals surface area contributed by atoms with Gasteiger partial charge in [-0.05, 0) is 35.2 Å². The number of hydrogen-bond acceptors (Lipinski definition) is 4. The molecule has 0 radical (unpaired) electrons. The van der Waals surface area contributed by atoms with Crippen molar-refractivity contribution in [2.24, 2.45) is 10.7 Å². The van der Waals surface area contributed by atoms with Crippen LogP contribution in [-0.4, -0.2) is 36.9 Å². The lowest BCUT2D eigenvalue weighted by Gasteiger charge is -2.29. The van der Waals surface area contributed by atoms with Gasteiger partial charge in [-0.2, -0.15) is 8.78 Å². The van der Waals surface area contributed by atoms with Gasteiger partial charge in [0.25, 0.3) is 0 Å². The second-order valence-corrected chi connectivity index (χ2v) is 6.57. The molecule has 1 aliphatic rings. The Bertz CT molecular complexity index is 801. The molecular weight excluding hydrogens is 360 g/mol. The fourth-order valence-corrected chi connectivity index (χ4v) is 3.48. The van der Waals surface area contributed by atoms with Gasteiger partial charge in [0.05, 0.1) is 6.54 Å². The van der Waals surface area contributed by atoms with Crippen molar-refractivity contribution >= 4 is 17.6 Å². The molecule has 1 heterocycles. The van der Waals surface area contributed by atoms with Crippen LogP contribution >= 0.6 is 11.6 Å². The number of nitrogens with zero attached hydrogens (tertiary/aromatic N) is 2. The Labute approximate surface area is 156 Å². The molecule has 0 aromatic heterocycles. The highest BCUT2D eigenvalue weighted by molar-refractivity contribution is 6.18. The number of halogens is 3. The average Bonchev–Trinajstić information content (AvgIpc) is 2.93. The molecule has 0 saturated heterocycles. The van der Waals surface area contributed by atoms with Crippen LogP contribution in [0.3, 0.4) is 0 Å². The molecule has 1 atom stereocenters. The van der Waals surface area contributed by atoms with Crippen molar-refractivity contribution in [3.8, 4) is 5.75 Å². The zero-order valence-corrected chi connectivity index (χ0v) is 15.1. The van der Waals surface area contributed by atoms with Crippen molar-refractivity contribution < 1.29 is 13.5 Å². The van der Waals surface area contributed by atoms with Gasteiger partial charge in [-0.25, -0.2) is 4.99 Å². The molecule has 0 unspecified atom stereocenters. The zero-order chi connectivity index (χ0) is 18.7. The molecule has 4 nitrogen and oxygen atoms in total. The molecule has 7 heteroatoms. The molecule has 0 aliphatic carbocycles. The summed E-state index contributed by atoms with van der Waals surface area (Å²) in [5, 5.41) is 0. The third-order valence-corrected chi connectivity index (χ3v) is 4.72. The molecule has 2 N–H and O–H groups in total. The zero-order valence-electron chi connectivity index (χ0n) is 14.3. The first-order chi connectivity index (χ1) is 12.5. The van der Waals surface area contributed by atoms with Crippen molar-refractivity contribution in [3.05, 3.63) is 65.2 Å². The lowest BCUT2D eigenvalue weighted by Crippen LogP contribution is -2.34. The van der Waals surface area contributed by atoms with Crippen LogP contribution in [0.25, 0.3) is 0 Å². The smallest absolute Gasteiger partial charge is 0.387 e. The maximum atomic E-state index is 12.7. The van der Waals surface area contributed by atoms with Crippen molar-refractivity contribution in [1.29, 1.82) is 0 Å². The van der Waals surface area contributed by atoms with Crippen LogP contribution in [0.5, 0.6) is 5.75 Å². The lowest BCUT2D eigenvalue weighted by atomic mass is 9.82. The van der Waals surface area contributed by atoms with E-state index in [0.29, 0.717) is 30.4 Å². The van der Waals surface area contributed by atoms with Gasteiger partial charge >= 0.3 is 6.61 Å². The van der Waals surface area contributed by atoms with E-state index in [1.165, 1.54) is 0 Å². The topological polar surface area (TPSA) is 50.8 Å². The first-order valence-electron chi connectivity index (χ1n) is 8.22. The molecule has 0 saturated carbocycles. The molecule has 0 bridgehead atoms. The summed E-state index contributed by atoms with van der Waals surface area (Å²) in [6, 6.07) is 14.9. The fourth-order valence-electron chi connectivity index (χ4n) is 3.28. The summed E-state index contributed by atoms with van der Waals surface area (Å²) < 4.78 is 30.0. The third kappa shape index (κ3) is 3.46. The van der Waals surface area contributed by atoms with Gasteiger partial charge in [-0.3, -0.25) is 0 Å². The maximum Gasteiger partial charge on any atom is 0.387 e. The summed E-state index contributed by atoms with van der Waals surface area (Å²) in [4.78, 5) is 6.60. The highest BCUT2D eigenvalue weighted by Gasteiger charge is 2.41. The number of hydrogen-bond donors (Lipinski definition) is 1. The number of nitrogens with two attached hydrogens (primary N) is 1. The SMILES string of the molecule is CN1C[C@](c2ccccc2)(c2ccc(OC(F)F)c(CCCl)c2)N=C1N. The van der Waals surface area contributed by atoms with Crippen LogP contribution in [0, 0.1) is 0 Å². The van der Waals surface area contributed by atoms with E-state index in [-0.39, 0.29) is 5.75 Å². The molecule has 26 heavy (non-hydrogen) atoms. The number of alkyl halides is 3. The summed E-state index contributed by atoms with van der Waals surface area (Å²) in [5.74, 6) is 0.865. The summed E-state index contributed by atoms with van der Waals surface area (Å²) in [7, 11) is 1.87. The Kier molecular flexibility index (Phi) is 5.32. The monoisotopic (exact) mass is 379 g/mol. The first-order valence-corrected chi connectivity index (χ1v) is 8.76. The van der Waals surface area contributed by atoms with Crippen LogP contribution in [-0.2, 0) is 12.0 Å². The van der Waals surface area contributed by atoms with Crippen LogP contribution in [0.1, 0.15) is 16.7 Å². The molecule has 0 spiro atoms. The quantitative estimate of drug-likeness (QED) is 0.780. The largest absolute Gasteiger partial charge is 0.435 e. The van der Waals surface area contributed by atoms with Gasteiger partial charge < -0.3 is 15.4 Å². The molecule has 138 valence electrons. The Morgan fingerprint density at radius 3 is 2.54 bits per heavy atom. The molecule has 3 rings (SSSR count). The lowest BCUT2D eigenvalue weighted by molar-refractivity contribution is -0.0504. The van der Waals surface area contributed by atoms with E-state index in [0.717, 1.165) is 11.1 Å². The van der Waals surface area contributed by atoms with E-state index in [1.807, 2.05) is 48.3 Å². The van der Waals surface area contributed by atoms with Crippen molar-refractivity contribution in [2.75, 3.05) is 19.5 Å². The second-order valence-electron chi connectivity index (χ2n) is 6.19. The number of likely N-dealkylation sites (N-methyl/N-ethyl adjacent to an activating group) is 1. The molecule has 2 aromatic carbocycles. The summed E-state index contributed by atoms with van der Waals surface area (Å²) in [5.41, 5.74) is 7.81. The number of ether oxygens (including phenoxy) is 1. The van der Waals surface area contributed by atoms with Gasteiger partial charge in [-0.15, -0.1) is 11.6 Å². The van der Waals surface area contributed by atoms with Crippen molar-refractivity contribution in [1.82, 2.24) is 4.90 Å². The number of aliphatic imine (C=N–C) groups is 1. The third-order valence-electron chi connectivity index (χ3n) is 4.53. The predicted molar refractivity (Wildman–Crippen MR) is 99.0 cm³/mol. The minimum atomic E-state index is -2.88. The van der Waals surface area contributed by atoms with Crippen LogP contribution in [0.2, 0.25) is 0 Å². The Morgan fingerprint density at radius 1 is 1.23 bits per heavy atom. The maximum absolute atomic E-state index is 12.7. The van der Waals surface area contributed by atoms with Crippen LogP contribution in [0.4, 0.5) is 8.78 Å². The van der Waals surface area contributed by atoms with E-state index in [1.54, 1.807) is 12.1 Å². The number of benzene rings is 2. The van der Waals surface area contributed by atoms with Gasteiger partial charge in [0, 0.05) is 12.9 Å². The van der Waals surface area contributed by atoms with E-state index < -0.39 is 12.2 Å². The fraction of sp³-hybridized carbons (Fsp3) is 0.316. The summed E-state index contributed by atoms with van der Waals surface area (Å²) in [6.07, 6.45) is 0.414. The molecular formula is C19H20ClF2N3O. The van der Waals surface area contributed by atoms with Crippen LogP contribution in [0.15, 0.2) is 53.5 Å². The average molecular weight is 380 g/mol. The van der Waals surface area contributed by atoms with Crippen molar-refractivity contribution in [2.45, 2.75) is 18.6 Å². The standard InChI is InChI=1S/C19H20ClF2N3O/c1-25-12-19(24-18(25)23,14-5-3-2-4-6-14)15-7-8-16(26-17(21)22)13(11-15)9-10-20/h2-8,11,17H,9-10,12H2,1H3,(H2,23,24)/t19-/m0/s1. The summed E-state index contributed by atoms with van der Waals surface area (Å²) in [6.45, 7) is -2.33. The highest BCUT2D eigenvalue weighted by Crippen LogP contribution is 2.39. The number of rotatable bonds is 6. The predicted octanol–water partition coefficient (Wildman–Crippen LogP) is 3.57. The minimum absolute atomic E-state index is 0.135. The minimum Gasteiger partial charge on any atom is -0.435 e. The van der Waals surface area contributed by atoms with Gasteiger partial charge in [0.1, 0.15) is 11.3 Å². The first kappa shape index (κ1) is 18.5. The highest BCUT2D eigenvalue weighted by atomic mass is 35.5. The number of guanidine groups is 1. The molecule has 0 amide bonds. The number of aryl methyl sites for hydroxylation is 1.